The molecule has 0 saturated carbocycles. The van der Waals surface area contributed by atoms with Gasteiger partial charge in [0.1, 0.15) is 0 Å². The zero-order valence-electron chi connectivity index (χ0n) is 12.5. The molecule has 0 fully saturated rings. The van der Waals surface area contributed by atoms with Crippen LogP contribution >= 0.6 is 24.0 Å². The molecule has 0 aliphatic carbocycles. The van der Waals surface area contributed by atoms with Crippen LogP contribution in [-0.2, 0) is 11.2 Å². The molecule has 1 aromatic carbocycles. The Morgan fingerprint density at radius 3 is 2.35 bits per heavy atom. The maximum atomic E-state index is 12.2. The van der Waals surface area contributed by atoms with Gasteiger partial charge in [0.15, 0.2) is 0 Å². The molecule has 0 aliphatic heterocycles. The Hall–Kier alpha value is -0.770. The normalized spacial score (nSPS) is 13.2. The number of likely N-dealkylation sites (N-methyl/N-ethyl adjacent to an activating group) is 1. The van der Waals surface area contributed by atoms with Gasteiger partial charge in [-0.3, -0.25) is 4.79 Å². The van der Waals surface area contributed by atoms with Crippen LogP contribution in [0, 0.1) is 5.92 Å². The van der Waals surface area contributed by atoms with Gasteiger partial charge in [0.25, 0.3) is 0 Å². The van der Waals surface area contributed by atoms with Crippen LogP contribution in [-0.4, -0.2) is 37.5 Å². The predicted octanol–water partition coefficient (Wildman–Crippen LogP) is 3.01. The Labute approximate surface area is 133 Å². The average molecular weight is 319 g/mol. The molecule has 0 aliphatic rings. The first-order chi connectivity index (χ1) is 8.95. The molecule has 1 N–H and O–H groups in total. The summed E-state index contributed by atoms with van der Waals surface area (Å²) in [5, 5.41) is 3.78. The Kier molecular flexibility index (Phi) is 8.86. The minimum Gasteiger partial charge on any atom is -0.342 e. The smallest absolute Gasteiger partial charge is 0.226 e. The molecule has 5 heteroatoms. The zero-order chi connectivity index (χ0) is 14.4. The van der Waals surface area contributed by atoms with Gasteiger partial charge in [-0.25, -0.2) is 0 Å². The summed E-state index contributed by atoms with van der Waals surface area (Å²) in [6, 6.07) is 7.96. The third-order valence-electron chi connectivity index (χ3n) is 3.39. The number of nitrogens with zero attached hydrogens (tertiary/aromatic N) is 1. The molecule has 0 saturated heterocycles. The van der Waals surface area contributed by atoms with E-state index < -0.39 is 0 Å². The molecule has 1 amide bonds. The van der Waals surface area contributed by atoms with Crippen molar-refractivity contribution in [3.63, 3.8) is 0 Å². The summed E-state index contributed by atoms with van der Waals surface area (Å²) in [4.78, 5) is 14.0. The van der Waals surface area contributed by atoms with Gasteiger partial charge in [-0.2, -0.15) is 0 Å². The number of halogens is 2. The second-order valence-electron chi connectivity index (χ2n) is 5.09. The van der Waals surface area contributed by atoms with Crippen LogP contribution in [0.4, 0.5) is 0 Å². The summed E-state index contributed by atoms with van der Waals surface area (Å²) < 4.78 is 0. The van der Waals surface area contributed by atoms with Crippen molar-refractivity contribution in [2.24, 2.45) is 5.92 Å². The molecule has 0 heterocycles. The Morgan fingerprint density at radius 2 is 1.85 bits per heavy atom. The number of rotatable bonds is 6. The number of carbonyl (C=O) groups is 1. The first kappa shape index (κ1) is 19.2. The van der Waals surface area contributed by atoms with Crippen LogP contribution in [0.25, 0.3) is 0 Å². The summed E-state index contributed by atoms with van der Waals surface area (Å²) in [7, 11) is 3.73. The number of amides is 1. The molecule has 2 atom stereocenters. The van der Waals surface area contributed by atoms with Gasteiger partial charge in [0.05, 0.1) is 0 Å². The lowest BCUT2D eigenvalue weighted by Gasteiger charge is -2.28. The van der Waals surface area contributed by atoms with Crippen molar-refractivity contribution in [1.82, 2.24) is 10.2 Å². The molecule has 1 rings (SSSR count). The van der Waals surface area contributed by atoms with Crippen LogP contribution in [0.3, 0.4) is 0 Å². The highest BCUT2D eigenvalue weighted by atomic mass is 35.5. The molecule has 0 spiro atoms. The standard InChI is InChI=1S/C15H23ClN2O.ClH/c1-11(10-17-3)15(19)18(4)12(2)9-13-5-7-14(16)8-6-13;/h5-8,11-12,17H,9-10H2,1-4H3;1H. The minimum atomic E-state index is 0. The third-order valence-corrected chi connectivity index (χ3v) is 3.64. The highest BCUT2D eigenvalue weighted by Crippen LogP contribution is 2.14. The van der Waals surface area contributed by atoms with Gasteiger partial charge in [0.2, 0.25) is 5.91 Å². The van der Waals surface area contributed by atoms with Gasteiger partial charge in [-0.15, -0.1) is 12.4 Å². The first-order valence-electron chi connectivity index (χ1n) is 6.61. The molecule has 0 aromatic heterocycles. The van der Waals surface area contributed by atoms with Crippen LogP contribution in [0.5, 0.6) is 0 Å². The van der Waals surface area contributed by atoms with Crippen molar-refractivity contribution >= 4 is 29.9 Å². The number of hydrogen-bond acceptors (Lipinski definition) is 2. The monoisotopic (exact) mass is 318 g/mol. The minimum absolute atomic E-state index is 0. The summed E-state index contributed by atoms with van der Waals surface area (Å²) in [5.41, 5.74) is 1.19. The van der Waals surface area contributed by atoms with Crippen LogP contribution in [0.15, 0.2) is 24.3 Å². The van der Waals surface area contributed by atoms with E-state index in [1.54, 1.807) is 0 Å². The molecule has 20 heavy (non-hydrogen) atoms. The van der Waals surface area contributed by atoms with E-state index in [-0.39, 0.29) is 30.3 Å². The summed E-state index contributed by atoms with van der Waals surface area (Å²) in [6.45, 7) is 4.72. The molecule has 1 aromatic rings. The molecule has 3 nitrogen and oxygen atoms in total. The second-order valence-corrected chi connectivity index (χ2v) is 5.52. The molecule has 0 bridgehead atoms. The predicted molar refractivity (Wildman–Crippen MR) is 87.7 cm³/mol. The lowest BCUT2D eigenvalue weighted by Crippen LogP contribution is -2.41. The van der Waals surface area contributed by atoms with Gasteiger partial charge in [-0.1, -0.05) is 30.7 Å². The topological polar surface area (TPSA) is 32.3 Å². The van der Waals surface area contributed by atoms with E-state index in [1.165, 1.54) is 5.56 Å². The van der Waals surface area contributed by atoms with Crippen LogP contribution in [0.1, 0.15) is 19.4 Å². The maximum absolute atomic E-state index is 12.2. The van der Waals surface area contributed by atoms with E-state index >= 15 is 0 Å². The quantitative estimate of drug-likeness (QED) is 0.874. The van der Waals surface area contributed by atoms with Crippen molar-refractivity contribution in [1.29, 1.82) is 0 Å². The first-order valence-corrected chi connectivity index (χ1v) is 6.99. The van der Waals surface area contributed by atoms with Crippen molar-refractivity contribution in [2.45, 2.75) is 26.3 Å². The van der Waals surface area contributed by atoms with Gasteiger partial charge in [-0.05, 0) is 38.1 Å². The maximum Gasteiger partial charge on any atom is 0.226 e. The molecule has 0 radical (unpaired) electrons. The largest absolute Gasteiger partial charge is 0.342 e. The lowest BCUT2D eigenvalue weighted by molar-refractivity contribution is -0.135. The number of hydrogen-bond donors (Lipinski definition) is 1. The Bertz CT molecular complexity index is 409. The van der Waals surface area contributed by atoms with E-state index in [0.717, 1.165) is 11.4 Å². The van der Waals surface area contributed by atoms with E-state index in [2.05, 4.69) is 12.2 Å². The van der Waals surface area contributed by atoms with Crippen LogP contribution < -0.4 is 5.32 Å². The molecule has 114 valence electrons. The van der Waals surface area contributed by atoms with Crippen LogP contribution in [0.2, 0.25) is 5.02 Å². The van der Waals surface area contributed by atoms with Gasteiger partial charge in [0, 0.05) is 30.6 Å². The average Bonchev–Trinajstić information content (AvgIpc) is 2.39. The molecular formula is C15H24Cl2N2O. The fraction of sp³-hybridized carbons (Fsp3) is 0.533. The number of nitrogens with one attached hydrogen (secondary N) is 1. The summed E-state index contributed by atoms with van der Waals surface area (Å²) in [6.07, 6.45) is 0.839. The highest BCUT2D eigenvalue weighted by molar-refractivity contribution is 6.30. The molecular weight excluding hydrogens is 295 g/mol. The SMILES string of the molecule is CNCC(C)C(=O)N(C)C(C)Cc1ccc(Cl)cc1.Cl. The number of benzene rings is 1. The zero-order valence-corrected chi connectivity index (χ0v) is 14.1. The van der Waals surface area contributed by atoms with E-state index in [0.29, 0.717) is 6.54 Å². The highest BCUT2D eigenvalue weighted by Gasteiger charge is 2.21. The van der Waals surface area contributed by atoms with E-state index in [1.807, 2.05) is 50.2 Å². The fourth-order valence-corrected chi connectivity index (χ4v) is 2.18. The van der Waals surface area contributed by atoms with Crippen molar-refractivity contribution < 1.29 is 4.79 Å². The van der Waals surface area contributed by atoms with E-state index in [4.69, 9.17) is 11.6 Å². The van der Waals surface area contributed by atoms with Crippen molar-refractivity contribution in [2.75, 3.05) is 20.6 Å². The van der Waals surface area contributed by atoms with Gasteiger partial charge >= 0.3 is 0 Å². The second kappa shape index (κ2) is 9.22. The lowest BCUT2D eigenvalue weighted by atomic mass is 10.0. The third kappa shape index (κ3) is 5.70. The molecule has 2 unspecified atom stereocenters. The van der Waals surface area contributed by atoms with Gasteiger partial charge < -0.3 is 10.2 Å². The Morgan fingerprint density at radius 1 is 1.30 bits per heavy atom. The summed E-state index contributed by atoms with van der Waals surface area (Å²) >= 11 is 5.87. The van der Waals surface area contributed by atoms with Crippen molar-refractivity contribution in [3.05, 3.63) is 34.9 Å². The summed E-state index contributed by atoms with van der Waals surface area (Å²) in [5.74, 6) is 0.179. The van der Waals surface area contributed by atoms with E-state index in [9.17, 15) is 4.79 Å². The number of carbonyl (C=O) groups excluding carboxylic acids is 1. The van der Waals surface area contributed by atoms with Crippen molar-refractivity contribution in [3.8, 4) is 0 Å². The fourth-order valence-electron chi connectivity index (χ4n) is 2.06. The Balaban J connectivity index is 0.00000361.